The van der Waals surface area contributed by atoms with Crippen molar-refractivity contribution in [3.8, 4) is 0 Å². The Morgan fingerprint density at radius 1 is 1.33 bits per heavy atom. The molecule has 1 aromatic rings. The first kappa shape index (κ1) is 14.9. The second kappa shape index (κ2) is 5.66. The molecule has 21 heavy (non-hydrogen) atoms. The van der Waals surface area contributed by atoms with Gasteiger partial charge in [0, 0.05) is 18.8 Å². The van der Waals surface area contributed by atoms with Gasteiger partial charge in [0.2, 0.25) is 10.0 Å². The number of sulfonamides is 1. The fourth-order valence-corrected chi connectivity index (χ4v) is 4.46. The van der Waals surface area contributed by atoms with Gasteiger partial charge in [-0.15, -0.1) is 0 Å². The van der Waals surface area contributed by atoms with Crippen molar-refractivity contribution in [2.75, 3.05) is 19.3 Å². The number of rotatable bonds is 4. The number of hydrogen-bond donors (Lipinski definition) is 1. The number of aromatic nitrogens is 1. The van der Waals surface area contributed by atoms with Crippen molar-refractivity contribution in [3.63, 3.8) is 0 Å². The predicted octanol–water partition coefficient (Wildman–Crippen LogP) is 1.38. The van der Waals surface area contributed by atoms with Gasteiger partial charge in [0.25, 0.3) is 0 Å². The lowest BCUT2D eigenvalue weighted by atomic mass is 9.60. The standard InChI is InChI=1S/C15H23N3O2S/c1-21(19,20)17-14-10-15(11-14)5-8-18(9-6-15)12-13-4-2-3-7-16-13/h2-4,7,14,17H,5-6,8-12H2,1H3. The quantitative estimate of drug-likeness (QED) is 0.912. The van der Waals surface area contributed by atoms with E-state index in [9.17, 15) is 8.42 Å². The zero-order chi connectivity index (χ0) is 14.9. The van der Waals surface area contributed by atoms with Gasteiger partial charge in [-0.3, -0.25) is 9.88 Å². The van der Waals surface area contributed by atoms with Crippen LogP contribution in [0.2, 0.25) is 0 Å². The van der Waals surface area contributed by atoms with E-state index in [1.807, 2.05) is 18.3 Å². The number of nitrogens with zero attached hydrogens (tertiary/aromatic N) is 2. The smallest absolute Gasteiger partial charge is 0.208 e. The van der Waals surface area contributed by atoms with Crippen LogP contribution in [0.3, 0.4) is 0 Å². The van der Waals surface area contributed by atoms with Gasteiger partial charge in [-0.1, -0.05) is 6.07 Å². The summed E-state index contributed by atoms with van der Waals surface area (Å²) in [6.45, 7) is 3.09. The van der Waals surface area contributed by atoms with Gasteiger partial charge in [-0.25, -0.2) is 13.1 Å². The number of hydrogen-bond acceptors (Lipinski definition) is 4. The summed E-state index contributed by atoms with van der Waals surface area (Å²) in [5, 5.41) is 0. The highest BCUT2D eigenvalue weighted by molar-refractivity contribution is 7.88. The molecule has 2 fully saturated rings. The number of nitrogens with one attached hydrogen (secondary N) is 1. The van der Waals surface area contributed by atoms with Gasteiger partial charge in [0.1, 0.15) is 0 Å². The van der Waals surface area contributed by atoms with Crippen molar-refractivity contribution in [2.24, 2.45) is 5.41 Å². The molecule has 2 heterocycles. The Hall–Kier alpha value is -0.980. The molecule has 116 valence electrons. The van der Waals surface area contributed by atoms with Gasteiger partial charge in [-0.05, 0) is 56.3 Å². The summed E-state index contributed by atoms with van der Waals surface area (Å²) in [5.74, 6) is 0. The summed E-state index contributed by atoms with van der Waals surface area (Å²) in [4.78, 5) is 6.83. The minimum Gasteiger partial charge on any atom is -0.297 e. The van der Waals surface area contributed by atoms with Crippen LogP contribution in [-0.4, -0.2) is 43.7 Å². The fraction of sp³-hybridized carbons (Fsp3) is 0.667. The Morgan fingerprint density at radius 2 is 2.05 bits per heavy atom. The molecule has 0 unspecified atom stereocenters. The van der Waals surface area contributed by atoms with Crippen molar-refractivity contribution in [3.05, 3.63) is 30.1 Å². The van der Waals surface area contributed by atoms with E-state index >= 15 is 0 Å². The molecule has 1 N–H and O–H groups in total. The third-order valence-corrected chi connectivity index (χ3v) is 5.53. The summed E-state index contributed by atoms with van der Waals surface area (Å²) in [5.41, 5.74) is 1.50. The second-order valence-electron chi connectivity index (χ2n) is 6.59. The van der Waals surface area contributed by atoms with Gasteiger partial charge in [-0.2, -0.15) is 0 Å². The molecule has 1 aliphatic carbocycles. The topological polar surface area (TPSA) is 62.3 Å². The van der Waals surface area contributed by atoms with Crippen LogP contribution in [0, 0.1) is 5.41 Å². The SMILES string of the molecule is CS(=O)(=O)NC1CC2(CCN(Cc3ccccn3)CC2)C1. The average Bonchev–Trinajstić information content (AvgIpc) is 2.39. The number of piperidine rings is 1. The number of likely N-dealkylation sites (tertiary alicyclic amines) is 1. The van der Waals surface area contributed by atoms with E-state index in [4.69, 9.17) is 0 Å². The molecule has 5 nitrogen and oxygen atoms in total. The third kappa shape index (κ3) is 3.81. The summed E-state index contributed by atoms with van der Waals surface area (Å²) in [6.07, 6.45) is 7.42. The van der Waals surface area contributed by atoms with Crippen molar-refractivity contribution in [2.45, 2.75) is 38.3 Å². The van der Waals surface area contributed by atoms with Crippen molar-refractivity contribution in [1.82, 2.24) is 14.6 Å². The molecule has 3 rings (SSSR count). The van der Waals surface area contributed by atoms with Crippen LogP contribution in [-0.2, 0) is 16.6 Å². The Bertz CT molecular complexity index is 572. The normalized spacial score (nSPS) is 23.1. The van der Waals surface area contributed by atoms with E-state index in [0.29, 0.717) is 5.41 Å². The van der Waals surface area contributed by atoms with Crippen molar-refractivity contribution in [1.29, 1.82) is 0 Å². The van der Waals surface area contributed by atoms with E-state index < -0.39 is 10.0 Å². The van der Waals surface area contributed by atoms with Gasteiger partial charge >= 0.3 is 0 Å². The highest BCUT2D eigenvalue weighted by Gasteiger charge is 2.46. The molecule has 1 saturated heterocycles. The zero-order valence-corrected chi connectivity index (χ0v) is 13.3. The molecule has 0 amide bonds. The molecule has 1 aromatic heterocycles. The molecule has 1 spiro atoms. The van der Waals surface area contributed by atoms with E-state index in [1.165, 1.54) is 19.1 Å². The molecule has 1 aliphatic heterocycles. The van der Waals surface area contributed by atoms with E-state index in [2.05, 4.69) is 20.7 Å². The van der Waals surface area contributed by atoms with Gasteiger partial charge in [0.15, 0.2) is 0 Å². The summed E-state index contributed by atoms with van der Waals surface area (Å²) in [7, 11) is -3.06. The minimum absolute atomic E-state index is 0.155. The average molecular weight is 309 g/mol. The maximum atomic E-state index is 11.2. The molecule has 0 bridgehead atoms. The monoisotopic (exact) mass is 309 g/mol. The summed E-state index contributed by atoms with van der Waals surface area (Å²) in [6, 6.07) is 6.20. The second-order valence-corrected chi connectivity index (χ2v) is 8.37. The Labute approximate surface area is 126 Å². The Kier molecular flexibility index (Phi) is 4.03. The Balaban J connectivity index is 1.46. The lowest BCUT2D eigenvalue weighted by molar-refractivity contribution is 0.0103. The third-order valence-electron chi connectivity index (χ3n) is 4.77. The lowest BCUT2D eigenvalue weighted by Gasteiger charge is -2.52. The minimum atomic E-state index is -3.06. The predicted molar refractivity (Wildman–Crippen MR) is 82.2 cm³/mol. The molecular formula is C15H23N3O2S. The van der Waals surface area contributed by atoms with E-state index in [1.54, 1.807) is 0 Å². The zero-order valence-electron chi connectivity index (χ0n) is 12.5. The van der Waals surface area contributed by atoms with Crippen LogP contribution in [0.15, 0.2) is 24.4 Å². The molecule has 6 heteroatoms. The van der Waals surface area contributed by atoms with Crippen LogP contribution in [0.4, 0.5) is 0 Å². The molecular weight excluding hydrogens is 286 g/mol. The van der Waals surface area contributed by atoms with Crippen LogP contribution in [0.1, 0.15) is 31.4 Å². The lowest BCUT2D eigenvalue weighted by Crippen LogP contribution is -2.54. The molecule has 0 radical (unpaired) electrons. The van der Waals surface area contributed by atoms with Gasteiger partial charge in [0.05, 0.1) is 11.9 Å². The summed E-state index contributed by atoms with van der Waals surface area (Å²) >= 11 is 0. The Morgan fingerprint density at radius 3 is 2.62 bits per heavy atom. The van der Waals surface area contributed by atoms with Crippen LogP contribution >= 0.6 is 0 Å². The molecule has 0 aromatic carbocycles. The van der Waals surface area contributed by atoms with Crippen molar-refractivity contribution >= 4 is 10.0 Å². The first-order valence-corrected chi connectivity index (χ1v) is 9.43. The molecule has 2 aliphatic rings. The van der Waals surface area contributed by atoms with Gasteiger partial charge < -0.3 is 0 Å². The molecule has 1 saturated carbocycles. The maximum absolute atomic E-state index is 11.2. The van der Waals surface area contributed by atoms with Crippen LogP contribution in [0.25, 0.3) is 0 Å². The van der Waals surface area contributed by atoms with Crippen LogP contribution < -0.4 is 4.72 Å². The molecule has 0 atom stereocenters. The van der Waals surface area contributed by atoms with E-state index in [-0.39, 0.29) is 6.04 Å². The maximum Gasteiger partial charge on any atom is 0.208 e. The first-order valence-electron chi connectivity index (χ1n) is 7.54. The fourth-order valence-electron chi connectivity index (χ4n) is 3.69. The van der Waals surface area contributed by atoms with Crippen molar-refractivity contribution < 1.29 is 8.42 Å². The highest BCUT2D eigenvalue weighted by atomic mass is 32.2. The largest absolute Gasteiger partial charge is 0.297 e. The van der Waals surface area contributed by atoms with Crippen LogP contribution in [0.5, 0.6) is 0 Å². The van der Waals surface area contributed by atoms with E-state index in [0.717, 1.165) is 38.2 Å². The first-order chi connectivity index (χ1) is 9.94. The summed E-state index contributed by atoms with van der Waals surface area (Å²) < 4.78 is 25.2. The number of pyridine rings is 1. The highest BCUT2D eigenvalue weighted by Crippen LogP contribution is 2.49.